The molecular weight excluding hydrogens is 738 g/mol. The Hall–Kier alpha value is -6.50. The maximum atomic E-state index is 15.3. The lowest BCUT2D eigenvalue weighted by atomic mass is 10.1. The standard InChI is InChI=1S/C32H16N8.C10H11O4P.Al/c1-2-10-18-17(9-1)25-33-26(18)38-28-21-13-5-6-14-22(21)30(35-28)40-32-24-16-8-7-15-23(24)31(36-32)39-29-20-12-4-3-11-19(20)27(34-29)37-25;1-2-3-9-13-15(11,12)14-10-7-5-4-6-8-10;/h1-16H;1,4-8H,3,9H2,(H,11,12);/q-2;;+3/p-1. The highest BCUT2D eigenvalue weighted by Gasteiger charge is 2.48. The molecular formula is C42H26AlN8O4P. The van der Waals surface area contributed by atoms with Gasteiger partial charge in [0.2, 0.25) is 0 Å². The second-order valence-electron chi connectivity index (χ2n) is 13.3. The number of aromatic nitrogens is 2. The minimum Gasteiger partial charge on any atom is -0.406 e. The highest BCUT2D eigenvalue weighted by Crippen LogP contribution is 2.52. The number of aliphatic imine (C=N–C) groups is 4. The zero-order valence-electron chi connectivity index (χ0n) is 29.4. The third-order valence-corrected chi connectivity index (χ3v) is 14.5. The normalized spacial score (nSPS) is 15.6. The fourth-order valence-electron chi connectivity index (χ4n) is 7.50. The van der Waals surface area contributed by atoms with Gasteiger partial charge in [-0.25, -0.2) is 34.5 Å². The lowest BCUT2D eigenvalue weighted by Crippen LogP contribution is -2.48. The molecule has 2 aromatic heterocycles. The lowest BCUT2D eigenvalue weighted by molar-refractivity contribution is 0.211. The van der Waals surface area contributed by atoms with Crippen LogP contribution in [0.15, 0.2) is 157 Å². The Kier molecular flexibility index (Phi) is 7.51. The summed E-state index contributed by atoms with van der Waals surface area (Å²) in [6.45, 7) is -0.0833. The molecule has 0 fully saturated rings. The number of terminal acetylenes is 1. The highest BCUT2D eigenvalue weighted by molar-refractivity contribution is 7.50. The van der Waals surface area contributed by atoms with E-state index in [2.05, 4.69) is 5.92 Å². The van der Waals surface area contributed by atoms with Gasteiger partial charge in [-0.05, 0) is 12.1 Å². The molecule has 11 rings (SSSR count). The highest BCUT2D eigenvalue weighted by atomic mass is 31.2. The second kappa shape index (κ2) is 12.8. The first-order valence-corrected chi connectivity index (χ1v) is 20.9. The van der Waals surface area contributed by atoms with Gasteiger partial charge in [-0.15, -0.1) is 12.3 Å². The quantitative estimate of drug-likeness (QED) is 0.0738. The van der Waals surface area contributed by atoms with E-state index in [4.69, 9.17) is 49.0 Å². The molecule has 4 aliphatic rings. The Balaban J connectivity index is 1.33. The Labute approximate surface area is 324 Å². The Morgan fingerprint density at radius 3 is 1.50 bits per heavy atom. The molecule has 6 bridgehead atoms. The van der Waals surface area contributed by atoms with Gasteiger partial charge >= 0.3 is 22.7 Å². The van der Waals surface area contributed by atoms with Crippen LogP contribution in [0, 0.1) is 12.3 Å². The molecule has 7 aromatic rings. The summed E-state index contributed by atoms with van der Waals surface area (Å²) >= 11 is -3.60. The monoisotopic (exact) mass is 764 g/mol. The summed E-state index contributed by atoms with van der Waals surface area (Å²) < 4.78 is 38.5. The maximum Gasteiger partial charge on any atom is 0.819 e. The smallest absolute Gasteiger partial charge is 0.406 e. The van der Waals surface area contributed by atoms with Crippen LogP contribution in [0.1, 0.15) is 28.7 Å². The Bertz CT molecular complexity index is 3030. The molecule has 5 aromatic carbocycles. The molecule has 0 spiro atoms. The molecule has 12 nitrogen and oxygen atoms in total. The van der Waals surface area contributed by atoms with Gasteiger partial charge in [0.15, 0.2) is 23.3 Å². The van der Waals surface area contributed by atoms with E-state index in [1.807, 2.05) is 110 Å². The van der Waals surface area contributed by atoms with Crippen LogP contribution in [-0.2, 0) is 12.7 Å². The SMILES string of the molecule is C#CCCOP(=O)(Oc1ccccc1)[O][Al]1[n]2c3c4ccccc4c2N=C2N=C(N=c4c5ccccc5c([n]41)=NC1=NC(=N3)c3ccccc31)c1ccccc12. The number of nitrogens with zero attached hydrogens (tertiary/aromatic N) is 8. The van der Waals surface area contributed by atoms with E-state index in [1.165, 1.54) is 0 Å². The van der Waals surface area contributed by atoms with Gasteiger partial charge < -0.3 is 15.2 Å². The van der Waals surface area contributed by atoms with Crippen molar-refractivity contribution in [1.82, 2.24) is 7.10 Å². The zero-order valence-corrected chi connectivity index (χ0v) is 31.4. The van der Waals surface area contributed by atoms with E-state index in [0.29, 0.717) is 51.7 Å². The molecule has 14 heteroatoms. The summed E-state index contributed by atoms with van der Waals surface area (Å²) in [5, 5.41) is 3.10. The average Bonchev–Trinajstić information content (AvgIpc) is 3.94. The Morgan fingerprint density at radius 1 is 0.554 bits per heavy atom. The van der Waals surface area contributed by atoms with Crippen molar-refractivity contribution in [2.24, 2.45) is 30.0 Å². The van der Waals surface area contributed by atoms with Crippen LogP contribution in [0.25, 0.3) is 21.5 Å². The van der Waals surface area contributed by atoms with Crippen molar-refractivity contribution >= 4 is 79.3 Å². The van der Waals surface area contributed by atoms with Crippen LogP contribution in [0.5, 0.6) is 5.75 Å². The van der Waals surface area contributed by atoms with Crippen molar-refractivity contribution in [3.05, 3.63) is 161 Å². The van der Waals surface area contributed by atoms with Gasteiger partial charge in [0.25, 0.3) is 0 Å². The van der Waals surface area contributed by atoms with Gasteiger partial charge in [-0.3, -0.25) is 4.52 Å². The van der Waals surface area contributed by atoms with Crippen molar-refractivity contribution in [2.75, 3.05) is 6.61 Å². The average molecular weight is 765 g/mol. The minimum atomic E-state index is -4.51. The lowest BCUT2D eigenvalue weighted by Gasteiger charge is -2.24. The number of phosphoric ester groups is 1. The zero-order chi connectivity index (χ0) is 37.4. The summed E-state index contributed by atoms with van der Waals surface area (Å²) in [6.07, 6.45) is 5.81. The fraction of sp³-hybridized carbons (Fsp3) is 0.0476. The van der Waals surface area contributed by atoms with Crippen LogP contribution in [0.3, 0.4) is 0 Å². The molecule has 4 aliphatic heterocycles. The van der Waals surface area contributed by atoms with Gasteiger partial charge in [-0.1, -0.05) is 115 Å². The van der Waals surface area contributed by atoms with Crippen molar-refractivity contribution in [1.29, 1.82) is 0 Å². The van der Waals surface area contributed by atoms with Crippen LogP contribution in [-0.4, -0.2) is 52.0 Å². The van der Waals surface area contributed by atoms with Gasteiger partial charge in [-0.2, -0.15) is 0 Å². The van der Waals surface area contributed by atoms with E-state index in [0.717, 1.165) is 43.8 Å². The largest absolute Gasteiger partial charge is 0.819 e. The minimum absolute atomic E-state index is 0.0833. The molecule has 0 saturated carbocycles. The van der Waals surface area contributed by atoms with Crippen molar-refractivity contribution in [3.8, 4) is 18.1 Å². The molecule has 1 unspecified atom stereocenters. The first-order valence-electron chi connectivity index (χ1n) is 17.9. The number of hydrogen-bond acceptors (Lipinski definition) is 10. The predicted molar refractivity (Wildman–Crippen MR) is 216 cm³/mol. The van der Waals surface area contributed by atoms with Crippen molar-refractivity contribution in [2.45, 2.75) is 6.42 Å². The molecule has 0 radical (unpaired) electrons. The molecule has 1 atom stereocenters. The fourth-order valence-corrected chi connectivity index (χ4v) is 12.2. The van der Waals surface area contributed by atoms with E-state index >= 15 is 4.57 Å². The molecule has 0 N–H and O–H groups in total. The van der Waals surface area contributed by atoms with Crippen LogP contribution >= 0.6 is 7.82 Å². The molecule has 0 saturated heterocycles. The third-order valence-electron chi connectivity index (χ3n) is 9.94. The number of phosphoric acid groups is 1. The first-order chi connectivity index (χ1) is 27.6. The predicted octanol–water partition coefficient (Wildman–Crippen LogP) is 7.16. The van der Waals surface area contributed by atoms with Gasteiger partial charge in [0.1, 0.15) is 28.4 Å². The molecule has 0 aliphatic carbocycles. The number of amidine groups is 4. The molecule has 6 heterocycles. The Morgan fingerprint density at radius 2 is 1.00 bits per heavy atom. The van der Waals surface area contributed by atoms with Crippen molar-refractivity contribution < 1.29 is 17.2 Å². The topological polar surface area (TPSA) is 129 Å². The first kappa shape index (κ1) is 32.9. The summed E-state index contributed by atoms with van der Waals surface area (Å²) in [7, 11) is -4.51. The maximum absolute atomic E-state index is 15.3. The van der Waals surface area contributed by atoms with Crippen LogP contribution in [0.2, 0.25) is 0 Å². The summed E-state index contributed by atoms with van der Waals surface area (Å²) in [5.74, 6) is 5.73. The number of rotatable bonds is 7. The van der Waals surface area contributed by atoms with E-state index < -0.39 is 22.7 Å². The van der Waals surface area contributed by atoms with Crippen LogP contribution < -0.4 is 15.5 Å². The number of hydrogen-bond donors (Lipinski definition) is 0. The van der Waals surface area contributed by atoms with Crippen LogP contribution in [0.4, 0.5) is 11.6 Å². The molecule has 56 heavy (non-hydrogen) atoms. The third kappa shape index (κ3) is 5.13. The summed E-state index contributed by atoms with van der Waals surface area (Å²) in [6, 6.07) is 40.3. The van der Waals surface area contributed by atoms with Gasteiger partial charge in [0.05, 0.1) is 6.61 Å². The van der Waals surface area contributed by atoms with E-state index in [1.54, 1.807) is 24.3 Å². The summed E-state index contributed by atoms with van der Waals surface area (Å²) in [4.78, 5) is 31.4. The van der Waals surface area contributed by atoms with E-state index in [-0.39, 0.29) is 13.0 Å². The number of para-hydroxylation sites is 1. The number of fused-ring (bicyclic) bond motifs is 14. The van der Waals surface area contributed by atoms with Gasteiger partial charge in [0, 0.05) is 50.2 Å². The molecule has 0 amide bonds. The van der Waals surface area contributed by atoms with E-state index in [9.17, 15) is 0 Å². The number of benzene rings is 5. The van der Waals surface area contributed by atoms with Crippen molar-refractivity contribution in [3.63, 3.8) is 0 Å². The second-order valence-corrected chi connectivity index (χ2v) is 17.1. The molecule has 266 valence electrons. The summed E-state index contributed by atoms with van der Waals surface area (Å²) in [5.41, 5.74) is 4.28.